The summed E-state index contributed by atoms with van der Waals surface area (Å²) < 4.78 is 0. The number of carbonyl (C=O) groups excluding carboxylic acids is 1. The Bertz CT molecular complexity index is 1010. The van der Waals surface area contributed by atoms with Crippen molar-refractivity contribution in [3.63, 3.8) is 0 Å². The van der Waals surface area contributed by atoms with Crippen LogP contribution in [-0.2, 0) is 17.8 Å². The average molecular weight is 420 g/mol. The maximum Gasteiger partial charge on any atom is 0.224 e. The number of benzene rings is 2. The largest absolute Gasteiger partial charge is 0.369 e. The van der Waals surface area contributed by atoms with E-state index < -0.39 is 5.41 Å². The lowest BCUT2D eigenvalue weighted by molar-refractivity contribution is -0.130. The van der Waals surface area contributed by atoms with Crippen LogP contribution in [0.5, 0.6) is 0 Å². The zero-order valence-electron chi connectivity index (χ0n) is 16.9. The van der Waals surface area contributed by atoms with Gasteiger partial charge in [-0.1, -0.05) is 60.1 Å². The van der Waals surface area contributed by atoms with E-state index in [2.05, 4.69) is 34.1 Å². The van der Waals surface area contributed by atoms with Gasteiger partial charge in [-0.3, -0.25) is 14.7 Å². The molecule has 1 amide bonds. The van der Waals surface area contributed by atoms with Crippen LogP contribution in [0.2, 0.25) is 5.02 Å². The van der Waals surface area contributed by atoms with E-state index >= 15 is 0 Å². The third-order valence-corrected chi connectivity index (χ3v) is 6.52. The molecule has 0 spiro atoms. The number of aromatic nitrogens is 1. The highest BCUT2D eigenvalue weighted by atomic mass is 35.5. The predicted molar refractivity (Wildman–Crippen MR) is 121 cm³/mol. The number of pyridine rings is 1. The highest BCUT2D eigenvalue weighted by Crippen LogP contribution is 2.36. The van der Waals surface area contributed by atoms with Crippen molar-refractivity contribution in [2.75, 3.05) is 13.1 Å². The molecule has 0 atom stereocenters. The van der Waals surface area contributed by atoms with E-state index in [0.29, 0.717) is 6.42 Å². The van der Waals surface area contributed by atoms with Crippen molar-refractivity contribution >= 4 is 17.5 Å². The van der Waals surface area contributed by atoms with Gasteiger partial charge >= 0.3 is 0 Å². The van der Waals surface area contributed by atoms with E-state index in [1.807, 2.05) is 42.6 Å². The maximum absolute atomic E-state index is 12.5. The van der Waals surface area contributed by atoms with Crippen LogP contribution in [0.15, 0.2) is 73.1 Å². The first-order valence-corrected chi connectivity index (χ1v) is 10.7. The Balaban J connectivity index is 1.47. The molecule has 4 nitrogen and oxygen atoms in total. The topological polar surface area (TPSA) is 59.2 Å². The lowest BCUT2D eigenvalue weighted by Gasteiger charge is -2.40. The molecule has 3 aromatic rings. The molecule has 2 aromatic carbocycles. The molecule has 0 radical (unpaired) electrons. The number of amides is 1. The average Bonchev–Trinajstić information content (AvgIpc) is 2.77. The summed E-state index contributed by atoms with van der Waals surface area (Å²) in [6.45, 7) is 2.46. The number of carbonyl (C=O) groups is 1. The molecule has 5 heteroatoms. The Labute approximate surface area is 182 Å². The Morgan fingerprint density at radius 1 is 1.03 bits per heavy atom. The third-order valence-electron chi connectivity index (χ3n) is 6.15. The number of nitrogens with two attached hydrogens (primary N) is 1. The fourth-order valence-electron chi connectivity index (χ4n) is 4.30. The van der Waals surface area contributed by atoms with Crippen LogP contribution in [0.3, 0.4) is 0 Å². The minimum atomic E-state index is -0.509. The number of halogens is 1. The van der Waals surface area contributed by atoms with E-state index in [1.165, 1.54) is 0 Å². The summed E-state index contributed by atoms with van der Waals surface area (Å²) in [4.78, 5) is 19.1. The molecular weight excluding hydrogens is 394 g/mol. The van der Waals surface area contributed by atoms with Crippen LogP contribution in [-0.4, -0.2) is 28.9 Å². The van der Waals surface area contributed by atoms with Crippen LogP contribution in [0.4, 0.5) is 0 Å². The molecule has 2 heterocycles. The van der Waals surface area contributed by atoms with Gasteiger partial charge in [0.15, 0.2) is 0 Å². The normalized spacial score (nSPS) is 16.3. The van der Waals surface area contributed by atoms with E-state index in [1.54, 1.807) is 6.20 Å². The third kappa shape index (κ3) is 4.55. The predicted octanol–water partition coefficient (Wildman–Crippen LogP) is 4.71. The van der Waals surface area contributed by atoms with Gasteiger partial charge in [0.2, 0.25) is 5.91 Å². The second-order valence-corrected chi connectivity index (χ2v) is 8.54. The van der Waals surface area contributed by atoms with Crippen LogP contribution < -0.4 is 5.73 Å². The van der Waals surface area contributed by atoms with Crippen LogP contribution in [0.25, 0.3) is 11.1 Å². The quantitative estimate of drug-likeness (QED) is 0.629. The minimum absolute atomic E-state index is 0.202. The number of likely N-dealkylation sites (tertiary alicyclic amines) is 1. The Hall–Kier alpha value is -2.69. The van der Waals surface area contributed by atoms with Crippen molar-refractivity contribution in [3.05, 3.63) is 89.2 Å². The van der Waals surface area contributed by atoms with Crippen molar-refractivity contribution in [2.45, 2.75) is 25.8 Å². The molecule has 2 N–H and O–H groups in total. The lowest BCUT2D eigenvalue weighted by Crippen LogP contribution is -2.48. The number of piperidine rings is 1. The van der Waals surface area contributed by atoms with E-state index in [0.717, 1.165) is 59.8 Å². The Kier molecular flexibility index (Phi) is 6.16. The van der Waals surface area contributed by atoms with Crippen molar-refractivity contribution in [1.82, 2.24) is 9.88 Å². The summed E-state index contributed by atoms with van der Waals surface area (Å²) in [6.07, 6.45) is 5.80. The standard InChI is InChI=1S/C25H26ClN3O/c26-23-9-2-1-6-22(23)18-29-13-10-25(11-14-29,24(27)30)16-19-5-3-7-20(15-19)21-8-4-12-28-17-21/h1-9,12,15,17H,10-11,13-14,16,18H2,(H2,27,30). The molecule has 1 fully saturated rings. The molecule has 0 aliphatic carbocycles. The second-order valence-electron chi connectivity index (χ2n) is 8.13. The van der Waals surface area contributed by atoms with Gasteiger partial charge in [0, 0.05) is 24.0 Å². The first kappa shape index (κ1) is 20.6. The van der Waals surface area contributed by atoms with Gasteiger partial charge in [-0.25, -0.2) is 0 Å². The van der Waals surface area contributed by atoms with Crippen molar-refractivity contribution < 1.29 is 4.79 Å². The molecule has 1 saturated heterocycles. The summed E-state index contributed by atoms with van der Waals surface area (Å²) in [7, 11) is 0. The van der Waals surface area contributed by atoms with Gasteiger partial charge in [0.05, 0.1) is 5.41 Å². The van der Waals surface area contributed by atoms with E-state index in [4.69, 9.17) is 17.3 Å². The molecule has 1 aliphatic rings. The van der Waals surface area contributed by atoms with Crippen LogP contribution in [0.1, 0.15) is 24.0 Å². The van der Waals surface area contributed by atoms with Gasteiger partial charge in [-0.2, -0.15) is 0 Å². The van der Waals surface area contributed by atoms with Gasteiger partial charge in [-0.05, 0) is 66.7 Å². The first-order valence-electron chi connectivity index (χ1n) is 10.3. The van der Waals surface area contributed by atoms with E-state index in [-0.39, 0.29) is 5.91 Å². The highest BCUT2D eigenvalue weighted by Gasteiger charge is 2.40. The van der Waals surface area contributed by atoms with Crippen molar-refractivity contribution in [2.24, 2.45) is 11.1 Å². The summed E-state index contributed by atoms with van der Waals surface area (Å²) in [5.41, 5.74) is 9.86. The second kappa shape index (κ2) is 8.99. The first-order chi connectivity index (χ1) is 14.6. The van der Waals surface area contributed by atoms with Crippen LogP contribution >= 0.6 is 11.6 Å². The summed E-state index contributed by atoms with van der Waals surface area (Å²) in [6, 6.07) is 20.3. The van der Waals surface area contributed by atoms with Gasteiger partial charge in [0.25, 0.3) is 0 Å². The number of hydrogen-bond acceptors (Lipinski definition) is 3. The van der Waals surface area contributed by atoms with Gasteiger partial charge < -0.3 is 5.73 Å². The molecule has 1 aliphatic heterocycles. The fraction of sp³-hybridized carbons (Fsp3) is 0.280. The Morgan fingerprint density at radius 2 is 1.80 bits per heavy atom. The number of nitrogens with zero attached hydrogens (tertiary/aromatic N) is 2. The maximum atomic E-state index is 12.5. The lowest BCUT2D eigenvalue weighted by atomic mass is 9.73. The fourth-order valence-corrected chi connectivity index (χ4v) is 4.50. The van der Waals surface area contributed by atoms with Gasteiger partial charge in [0.1, 0.15) is 0 Å². The molecule has 30 heavy (non-hydrogen) atoms. The highest BCUT2D eigenvalue weighted by molar-refractivity contribution is 6.31. The molecule has 1 aromatic heterocycles. The molecule has 0 saturated carbocycles. The smallest absolute Gasteiger partial charge is 0.224 e. The zero-order valence-corrected chi connectivity index (χ0v) is 17.7. The van der Waals surface area contributed by atoms with Crippen molar-refractivity contribution in [1.29, 1.82) is 0 Å². The van der Waals surface area contributed by atoms with E-state index in [9.17, 15) is 4.79 Å². The van der Waals surface area contributed by atoms with Crippen molar-refractivity contribution in [3.8, 4) is 11.1 Å². The summed E-state index contributed by atoms with van der Waals surface area (Å²) >= 11 is 6.32. The van der Waals surface area contributed by atoms with Gasteiger partial charge in [-0.15, -0.1) is 0 Å². The Morgan fingerprint density at radius 3 is 2.50 bits per heavy atom. The molecule has 4 rings (SSSR count). The SMILES string of the molecule is NC(=O)C1(Cc2cccc(-c3cccnc3)c2)CCN(Cc2ccccc2Cl)CC1. The molecule has 0 unspecified atom stereocenters. The molecule has 154 valence electrons. The summed E-state index contributed by atoms with van der Waals surface area (Å²) in [5.74, 6) is -0.202. The monoisotopic (exact) mass is 419 g/mol. The minimum Gasteiger partial charge on any atom is -0.369 e. The van der Waals surface area contributed by atoms with Crippen LogP contribution in [0, 0.1) is 5.41 Å². The number of primary amides is 1. The molecular formula is C25H26ClN3O. The summed E-state index contributed by atoms with van der Waals surface area (Å²) in [5, 5.41) is 0.788. The number of rotatable bonds is 6. The number of hydrogen-bond donors (Lipinski definition) is 1. The zero-order chi connectivity index (χ0) is 21.0. The molecule has 0 bridgehead atoms.